The van der Waals surface area contributed by atoms with Crippen LogP contribution in [0.1, 0.15) is 11.1 Å². The summed E-state index contributed by atoms with van der Waals surface area (Å²) >= 11 is 0. The number of halogens is 2. The first-order valence-electron chi connectivity index (χ1n) is 4.79. The van der Waals surface area contributed by atoms with E-state index >= 15 is 0 Å². The summed E-state index contributed by atoms with van der Waals surface area (Å²) in [6.45, 7) is 0.913. The van der Waals surface area contributed by atoms with Gasteiger partial charge in [0.25, 0.3) is 0 Å². The van der Waals surface area contributed by atoms with Gasteiger partial charge >= 0.3 is 0 Å². The lowest BCUT2D eigenvalue weighted by atomic mass is 10.1. The Hall–Kier alpha value is -1.00. The molecule has 0 aliphatic rings. The minimum Gasteiger partial charge on any atom is -0.380 e. The minimum atomic E-state index is -0.810. The molecule has 0 saturated carbocycles. The fourth-order valence-corrected chi connectivity index (χ4v) is 1.40. The van der Waals surface area contributed by atoms with Gasteiger partial charge in [-0.1, -0.05) is 6.07 Å². The zero-order valence-electron chi connectivity index (χ0n) is 8.94. The van der Waals surface area contributed by atoms with Crippen molar-refractivity contribution in [2.75, 3.05) is 20.7 Å². The van der Waals surface area contributed by atoms with Gasteiger partial charge in [0, 0.05) is 7.11 Å². The highest BCUT2D eigenvalue weighted by Gasteiger charge is 2.10. The Morgan fingerprint density at radius 3 is 2.67 bits per heavy atom. The van der Waals surface area contributed by atoms with E-state index in [1.54, 1.807) is 13.1 Å². The van der Waals surface area contributed by atoms with Crippen LogP contribution in [-0.4, -0.2) is 20.7 Å². The van der Waals surface area contributed by atoms with Crippen molar-refractivity contribution in [2.24, 2.45) is 0 Å². The Kier molecular flexibility index (Phi) is 4.65. The zero-order valence-corrected chi connectivity index (χ0v) is 8.94. The lowest BCUT2D eigenvalue weighted by molar-refractivity contribution is 0.184. The second-order valence-electron chi connectivity index (χ2n) is 3.34. The molecule has 0 heterocycles. The number of likely N-dealkylation sites (N-methyl/N-ethyl adjacent to an activating group) is 1. The van der Waals surface area contributed by atoms with Crippen LogP contribution in [0.5, 0.6) is 0 Å². The third-order valence-electron chi connectivity index (χ3n) is 2.12. The second kappa shape index (κ2) is 5.78. The first-order valence-corrected chi connectivity index (χ1v) is 4.79. The standard InChI is InChI=1S/C11H15F2NO/c1-14-4-3-9-5-8(7-15-2)6-10(12)11(9)13/h5-6,14H,3-4,7H2,1-2H3. The molecule has 0 saturated heterocycles. The summed E-state index contributed by atoms with van der Waals surface area (Å²) in [6.07, 6.45) is 0.469. The Labute approximate surface area is 88.3 Å². The average molecular weight is 215 g/mol. The van der Waals surface area contributed by atoms with Gasteiger partial charge in [-0.3, -0.25) is 0 Å². The van der Waals surface area contributed by atoms with Crippen LogP contribution >= 0.6 is 0 Å². The normalized spacial score (nSPS) is 10.7. The van der Waals surface area contributed by atoms with Crippen molar-refractivity contribution in [1.82, 2.24) is 5.32 Å². The summed E-state index contributed by atoms with van der Waals surface area (Å²) in [5.74, 6) is -1.57. The number of hydrogen-bond acceptors (Lipinski definition) is 2. The molecule has 0 amide bonds. The van der Waals surface area contributed by atoms with E-state index in [1.807, 2.05) is 0 Å². The first kappa shape index (κ1) is 12.1. The van der Waals surface area contributed by atoms with E-state index in [9.17, 15) is 8.78 Å². The molecule has 0 aliphatic heterocycles. The molecule has 4 heteroatoms. The van der Waals surface area contributed by atoms with Gasteiger partial charge in [0.05, 0.1) is 6.61 Å². The molecule has 0 unspecified atom stereocenters. The molecule has 1 N–H and O–H groups in total. The van der Waals surface area contributed by atoms with Crippen LogP contribution in [0.2, 0.25) is 0 Å². The van der Waals surface area contributed by atoms with Gasteiger partial charge in [-0.2, -0.15) is 0 Å². The van der Waals surface area contributed by atoms with Crippen LogP contribution in [0, 0.1) is 11.6 Å². The molecule has 0 bridgehead atoms. The molecule has 2 nitrogen and oxygen atoms in total. The van der Waals surface area contributed by atoms with E-state index in [-0.39, 0.29) is 0 Å². The smallest absolute Gasteiger partial charge is 0.162 e. The maximum absolute atomic E-state index is 13.3. The second-order valence-corrected chi connectivity index (χ2v) is 3.34. The molecule has 0 spiro atoms. The third kappa shape index (κ3) is 3.25. The summed E-state index contributed by atoms with van der Waals surface area (Å²) in [6, 6.07) is 2.81. The van der Waals surface area contributed by atoms with Gasteiger partial charge in [-0.25, -0.2) is 8.78 Å². The lowest BCUT2D eigenvalue weighted by Crippen LogP contribution is -2.12. The van der Waals surface area contributed by atoms with Crippen LogP contribution in [-0.2, 0) is 17.8 Å². The topological polar surface area (TPSA) is 21.3 Å². The molecular formula is C11H15F2NO. The number of nitrogens with one attached hydrogen (secondary N) is 1. The van der Waals surface area contributed by atoms with E-state index in [0.717, 1.165) is 0 Å². The molecule has 84 valence electrons. The van der Waals surface area contributed by atoms with Crippen molar-refractivity contribution >= 4 is 0 Å². The maximum atomic E-state index is 13.3. The SMILES string of the molecule is CNCCc1cc(COC)cc(F)c1F. The Balaban J connectivity index is 2.91. The quantitative estimate of drug-likeness (QED) is 0.809. The average Bonchev–Trinajstić information content (AvgIpc) is 2.21. The van der Waals surface area contributed by atoms with Gasteiger partial charge in [-0.05, 0) is 37.2 Å². The van der Waals surface area contributed by atoms with Crippen LogP contribution in [0.4, 0.5) is 8.78 Å². The maximum Gasteiger partial charge on any atom is 0.162 e. The van der Waals surface area contributed by atoms with Gasteiger partial charge in [0.15, 0.2) is 11.6 Å². The van der Waals surface area contributed by atoms with Crippen molar-refractivity contribution in [2.45, 2.75) is 13.0 Å². The molecule has 1 rings (SSSR count). The highest BCUT2D eigenvalue weighted by Crippen LogP contribution is 2.16. The molecular weight excluding hydrogens is 200 g/mol. The molecule has 0 radical (unpaired) electrons. The van der Waals surface area contributed by atoms with Crippen LogP contribution in [0.3, 0.4) is 0 Å². The van der Waals surface area contributed by atoms with Crippen molar-refractivity contribution in [1.29, 1.82) is 0 Å². The monoisotopic (exact) mass is 215 g/mol. The molecule has 0 aromatic heterocycles. The summed E-state index contributed by atoms with van der Waals surface area (Å²) in [5.41, 5.74) is 1.04. The van der Waals surface area contributed by atoms with E-state index in [4.69, 9.17) is 4.74 Å². The molecule has 15 heavy (non-hydrogen) atoms. The van der Waals surface area contributed by atoms with Gasteiger partial charge < -0.3 is 10.1 Å². The number of rotatable bonds is 5. The molecule has 0 aliphatic carbocycles. The van der Waals surface area contributed by atoms with Crippen LogP contribution < -0.4 is 5.32 Å². The van der Waals surface area contributed by atoms with Crippen LogP contribution in [0.25, 0.3) is 0 Å². The predicted octanol–water partition coefficient (Wildman–Crippen LogP) is 1.87. The molecule has 0 fully saturated rings. The molecule has 1 aromatic rings. The van der Waals surface area contributed by atoms with E-state index < -0.39 is 11.6 Å². The highest BCUT2D eigenvalue weighted by molar-refractivity contribution is 5.26. The van der Waals surface area contributed by atoms with E-state index in [2.05, 4.69) is 5.32 Å². The number of benzene rings is 1. The minimum absolute atomic E-state index is 0.295. The van der Waals surface area contributed by atoms with Crippen molar-refractivity contribution in [3.8, 4) is 0 Å². The highest BCUT2D eigenvalue weighted by atomic mass is 19.2. The van der Waals surface area contributed by atoms with E-state index in [0.29, 0.717) is 30.7 Å². The Morgan fingerprint density at radius 2 is 2.07 bits per heavy atom. The van der Waals surface area contributed by atoms with Gasteiger partial charge in [0.1, 0.15) is 0 Å². The third-order valence-corrected chi connectivity index (χ3v) is 2.12. The number of hydrogen-bond donors (Lipinski definition) is 1. The summed E-state index contributed by atoms with van der Waals surface area (Å²) in [5, 5.41) is 2.89. The van der Waals surface area contributed by atoms with E-state index in [1.165, 1.54) is 13.2 Å². The van der Waals surface area contributed by atoms with Gasteiger partial charge in [0.2, 0.25) is 0 Å². The largest absolute Gasteiger partial charge is 0.380 e. The summed E-state index contributed by atoms with van der Waals surface area (Å²) in [4.78, 5) is 0. The fraction of sp³-hybridized carbons (Fsp3) is 0.455. The Morgan fingerprint density at radius 1 is 1.33 bits per heavy atom. The summed E-state index contributed by atoms with van der Waals surface area (Å²) in [7, 11) is 3.29. The Bertz CT molecular complexity index is 329. The number of ether oxygens (including phenoxy) is 1. The zero-order chi connectivity index (χ0) is 11.3. The summed E-state index contributed by atoms with van der Waals surface area (Å²) < 4.78 is 31.3. The molecule has 0 atom stereocenters. The fourth-order valence-electron chi connectivity index (χ4n) is 1.40. The number of methoxy groups -OCH3 is 1. The molecule has 1 aromatic carbocycles. The van der Waals surface area contributed by atoms with Crippen molar-refractivity contribution < 1.29 is 13.5 Å². The van der Waals surface area contributed by atoms with Gasteiger partial charge in [-0.15, -0.1) is 0 Å². The lowest BCUT2D eigenvalue weighted by Gasteiger charge is -2.07. The predicted molar refractivity (Wildman–Crippen MR) is 54.7 cm³/mol. The van der Waals surface area contributed by atoms with Crippen molar-refractivity contribution in [3.05, 3.63) is 34.9 Å². The first-order chi connectivity index (χ1) is 7.19. The van der Waals surface area contributed by atoms with Crippen LogP contribution in [0.15, 0.2) is 12.1 Å². The van der Waals surface area contributed by atoms with Crippen molar-refractivity contribution in [3.63, 3.8) is 0 Å².